The van der Waals surface area contributed by atoms with Gasteiger partial charge >= 0.3 is 0 Å². The number of halogens is 1. The SMILES string of the molecule is Cc1nc(N2CCC3(CC2)Cc2ccccc2C3)c(CO)nc1-c1ccccc1Br. The number of hydrogen-bond acceptors (Lipinski definition) is 4. The largest absolute Gasteiger partial charge is 0.390 e. The molecule has 3 aromatic rings. The van der Waals surface area contributed by atoms with Crippen LogP contribution in [-0.2, 0) is 19.4 Å². The van der Waals surface area contributed by atoms with Crippen LogP contribution < -0.4 is 4.90 Å². The lowest BCUT2D eigenvalue weighted by Gasteiger charge is -2.40. The molecular formula is C25H26BrN3O. The molecule has 1 spiro atoms. The van der Waals surface area contributed by atoms with E-state index in [1.165, 1.54) is 24.0 Å². The van der Waals surface area contributed by atoms with Crippen molar-refractivity contribution in [1.82, 2.24) is 9.97 Å². The molecule has 5 rings (SSSR count). The molecule has 1 aromatic heterocycles. The number of anilines is 1. The number of aliphatic hydroxyl groups is 1. The summed E-state index contributed by atoms with van der Waals surface area (Å²) in [5.74, 6) is 0.844. The van der Waals surface area contributed by atoms with E-state index in [1.54, 1.807) is 0 Å². The highest BCUT2D eigenvalue weighted by molar-refractivity contribution is 9.10. The lowest BCUT2D eigenvalue weighted by atomic mass is 9.76. The molecule has 1 N–H and O–H groups in total. The second kappa shape index (κ2) is 7.78. The van der Waals surface area contributed by atoms with Crippen molar-refractivity contribution >= 4 is 21.7 Å². The van der Waals surface area contributed by atoms with Crippen LogP contribution >= 0.6 is 15.9 Å². The van der Waals surface area contributed by atoms with Gasteiger partial charge in [0.2, 0.25) is 0 Å². The minimum Gasteiger partial charge on any atom is -0.390 e. The Morgan fingerprint density at radius 3 is 2.23 bits per heavy atom. The first-order valence-electron chi connectivity index (χ1n) is 10.6. The zero-order valence-electron chi connectivity index (χ0n) is 17.2. The van der Waals surface area contributed by atoms with Gasteiger partial charge in [-0.15, -0.1) is 0 Å². The molecule has 1 saturated heterocycles. The van der Waals surface area contributed by atoms with Crippen molar-refractivity contribution in [3.63, 3.8) is 0 Å². The minimum atomic E-state index is -0.104. The number of nitrogens with zero attached hydrogens (tertiary/aromatic N) is 3. The van der Waals surface area contributed by atoms with E-state index in [2.05, 4.69) is 45.1 Å². The Hall–Kier alpha value is -2.24. The van der Waals surface area contributed by atoms with Crippen LogP contribution in [0.3, 0.4) is 0 Å². The molecule has 2 heterocycles. The van der Waals surface area contributed by atoms with Crippen LogP contribution in [-0.4, -0.2) is 28.2 Å². The van der Waals surface area contributed by atoms with Crippen LogP contribution in [0.5, 0.6) is 0 Å². The quantitative estimate of drug-likeness (QED) is 0.587. The smallest absolute Gasteiger partial charge is 0.153 e. The highest BCUT2D eigenvalue weighted by Crippen LogP contribution is 2.45. The number of aryl methyl sites for hydroxylation is 1. The molecule has 0 unspecified atom stereocenters. The fraction of sp³-hybridized carbons (Fsp3) is 0.360. The second-order valence-corrected chi connectivity index (χ2v) is 9.53. The number of hydrogen-bond donors (Lipinski definition) is 1. The molecule has 2 aromatic carbocycles. The summed E-state index contributed by atoms with van der Waals surface area (Å²) in [5, 5.41) is 10.1. The summed E-state index contributed by atoms with van der Waals surface area (Å²) in [6.45, 7) is 3.82. The van der Waals surface area contributed by atoms with Crippen LogP contribution in [0.15, 0.2) is 53.0 Å². The highest BCUT2D eigenvalue weighted by atomic mass is 79.9. The van der Waals surface area contributed by atoms with Gasteiger partial charge in [0.15, 0.2) is 5.82 Å². The van der Waals surface area contributed by atoms with Gasteiger partial charge in [-0.3, -0.25) is 0 Å². The van der Waals surface area contributed by atoms with Crippen LogP contribution in [0.2, 0.25) is 0 Å². The van der Waals surface area contributed by atoms with Crippen molar-refractivity contribution in [2.45, 2.75) is 39.2 Å². The number of fused-ring (bicyclic) bond motifs is 1. The van der Waals surface area contributed by atoms with Crippen molar-refractivity contribution in [2.24, 2.45) is 5.41 Å². The van der Waals surface area contributed by atoms with Crippen LogP contribution in [0.4, 0.5) is 5.82 Å². The van der Waals surface area contributed by atoms with Crippen LogP contribution in [0.1, 0.15) is 35.4 Å². The lowest BCUT2D eigenvalue weighted by molar-refractivity contribution is 0.231. The van der Waals surface area contributed by atoms with E-state index >= 15 is 0 Å². The normalized spacial score (nSPS) is 17.4. The summed E-state index contributed by atoms with van der Waals surface area (Å²) in [6.07, 6.45) is 4.68. The first kappa shape index (κ1) is 19.7. The van der Waals surface area contributed by atoms with Gasteiger partial charge in [0, 0.05) is 23.1 Å². The predicted molar refractivity (Wildman–Crippen MR) is 124 cm³/mol. The monoisotopic (exact) mass is 463 g/mol. The molecule has 0 radical (unpaired) electrons. The van der Waals surface area contributed by atoms with Crippen molar-refractivity contribution in [1.29, 1.82) is 0 Å². The van der Waals surface area contributed by atoms with Gasteiger partial charge in [-0.25, -0.2) is 9.97 Å². The molecule has 154 valence electrons. The summed E-state index contributed by atoms with van der Waals surface area (Å²) < 4.78 is 0.986. The number of benzene rings is 2. The fourth-order valence-electron chi connectivity index (χ4n) is 5.13. The van der Waals surface area contributed by atoms with Gasteiger partial charge < -0.3 is 10.0 Å². The third kappa shape index (κ3) is 3.44. The van der Waals surface area contributed by atoms with Gasteiger partial charge in [0.1, 0.15) is 5.69 Å². The molecule has 5 heteroatoms. The average Bonchev–Trinajstić information content (AvgIpc) is 3.12. The highest BCUT2D eigenvalue weighted by Gasteiger charge is 2.40. The number of aromatic nitrogens is 2. The Kier molecular flexibility index (Phi) is 5.11. The Bertz CT molecular complexity index is 1060. The Balaban J connectivity index is 1.39. The van der Waals surface area contributed by atoms with Gasteiger partial charge in [0.25, 0.3) is 0 Å². The third-order valence-corrected chi connectivity index (χ3v) is 7.46. The molecule has 0 bridgehead atoms. The van der Waals surface area contributed by atoms with E-state index in [0.29, 0.717) is 11.1 Å². The summed E-state index contributed by atoms with van der Waals surface area (Å²) in [6, 6.07) is 16.9. The number of rotatable bonds is 3. The first-order valence-corrected chi connectivity index (χ1v) is 11.4. The maximum atomic E-state index is 10.1. The van der Waals surface area contributed by atoms with Crippen molar-refractivity contribution in [3.8, 4) is 11.3 Å². The van der Waals surface area contributed by atoms with E-state index in [-0.39, 0.29) is 6.61 Å². The van der Waals surface area contributed by atoms with Gasteiger partial charge in [-0.1, -0.05) is 58.4 Å². The Morgan fingerprint density at radius 2 is 1.60 bits per heavy atom. The Labute approximate surface area is 186 Å². The summed E-state index contributed by atoms with van der Waals surface area (Å²) >= 11 is 3.61. The first-order chi connectivity index (χ1) is 14.6. The summed E-state index contributed by atoms with van der Waals surface area (Å²) in [4.78, 5) is 12.1. The average molecular weight is 464 g/mol. The molecule has 30 heavy (non-hydrogen) atoms. The lowest BCUT2D eigenvalue weighted by Crippen LogP contribution is -2.41. The fourth-order valence-corrected chi connectivity index (χ4v) is 5.60. The van der Waals surface area contributed by atoms with Crippen molar-refractivity contribution < 1.29 is 5.11 Å². The molecule has 2 aliphatic rings. The zero-order valence-corrected chi connectivity index (χ0v) is 18.8. The number of piperidine rings is 1. The molecule has 0 atom stereocenters. The van der Waals surface area contributed by atoms with E-state index in [0.717, 1.165) is 53.2 Å². The van der Waals surface area contributed by atoms with Crippen molar-refractivity contribution in [3.05, 3.63) is 75.5 Å². The molecule has 1 fully saturated rings. The molecule has 0 amide bonds. The van der Waals surface area contributed by atoms with Crippen LogP contribution in [0, 0.1) is 12.3 Å². The maximum absolute atomic E-state index is 10.1. The second-order valence-electron chi connectivity index (χ2n) is 8.68. The summed E-state index contributed by atoms with van der Waals surface area (Å²) in [7, 11) is 0. The predicted octanol–water partition coefficient (Wildman–Crippen LogP) is 5.09. The molecule has 1 aliphatic carbocycles. The van der Waals surface area contributed by atoms with Crippen molar-refractivity contribution in [2.75, 3.05) is 18.0 Å². The van der Waals surface area contributed by atoms with Gasteiger partial charge in [0.05, 0.1) is 18.0 Å². The van der Waals surface area contributed by atoms with E-state index in [4.69, 9.17) is 9.97 Å². The van der Waals surface area contributed by atoms with E-state index < -0.39 is 0 Å². The molecule has 0 saturated carbocycles. The van der Waals surface area contributed by atoms with Gasteiger partial charge in [-0.05, 0) is 55.2 Å². The van der Waals surface area contributed by atoms with E-state index in [1.807, 2.05) is 31.2 Å². The third-order valence-electron chi connectivity index (χ3n) is 6.77. The molecule has 4 nitrogen and oxygen atoms in total. The Morgan fingerprint density at radius 1 is 0.967 bits per heavy atom. The molecule has 1 aliphatic heterocycles. The topological polar surface area (TPSA) is 49.2 Å². The van der Waals surface area contributed by atoms with Gasteiger partial charge in [-0.2, -0.15) is 0 Å². The number of aliphatic hydroxyl groups excluding tert-OH is 1. The standard InChI is InChI=1S/C25H26BrN3O/c1-17-23(20-8-4-5-9-21(20)26)28-22(16-30)24(27-17)29-12-10-25(11-13-29)14-18-6-2-3-7-19(18)15-25/h2-9,30H,10-16H2,1H3. The van der Waals surface area contributed by atoms with E-state index in [9.17, 15) is 5.11 Å². The summed E-state index contributed by atoms with van der Waals surface area (Å²) in [5.41, 5.74) is 6.82. The zero-order chi connectivity index (χ0) is 20.7. The van der Waals surface area contributed by atoms with Crippen LogP contribution in [0.25, 0.3) is 11.3 Å². The minimum absolute atomic E-state index is 0.104. The molecular weight excluding hydrogens is 438 g/mol. The maximum Gasteiger partial charge on any atom is 0.153 e.